The summed E-state index contributed by atoms with van der Waals surface area (Å²) in [6.07, 6.45) is 0.991. The van der Waals surface area contributed by atoms with Crippen molar-refractivity contribution in [1.82, 2.24) is 5.32 Å². The maximum atomic E-state index is 13.4. The molecule has 1 N–H and O–H groups in total. The maximum Gasteiger partial charge on any atom is 0.223 e. The molecule has 0 radical (unpaired) electrons. The topological polar surface area (TPSA) is 56.8 Å². The van der Waals surface area contributed by atoms with E-state index in [9.17, 15) is 9.18 Å². The number of amides is 1. The van der Waals surface area contributed by atoms with E-state index < -0.39 is 5.82 Å². The van der Waals surface area contributed by atoms with Gasteiger partial charge in [-0.25, -0.2) is 4.39 Å². The van der Waals surface area contributed by atoms with Gasteiger partial charge in [0.15, 0.2) is 23.1 Å². The van der Waals surface area contributed by atoms with Crippen molar-refractivity contribution >= 4 is 5.91 Å². The van der Waals surface area contributed by atoms with E-state index in [1.54, 1.807) is 12.1 Å². The zero-order valence-corrected chi connectivity index (χ0v) is 15.6. The Labute approximate surface area is 158 Å². The van der Waals surface area contributed by atoms with Gasteiger partial charge in [-0.2, -0.15) is 0 Å². The van der Waals surface area contributed by atoms with Crippen LogP contribution in [0.5, 0.6) is 17.2 Å². The normalized spacial score (nSPS) is 14.2. The van der Waals surface area contributed by atoms with E-state index >= 15 is 0 Å². The van der Waals surface area contributed by atoms with Gasteiger partial charge in [-0.15, -0.1) is 0 Å². The van der Waals surface area contributed by atoms with Crippen LogP contribution >= 0.6 is 0 Å². The minimum Gasteiger partial charge on any atom is -0.490 e. The van der Waals surface area contributed by atoms with Gasteiger partial charge < -0.3 is 19.5 Å². The van der Waals surface area contributed by atoms with Gasteiger partial charge >= 0.3 is 0 Å². The summed E-state index contributed by atoms with van der Waals surface area (Å²) >= 11 is 0. The number of hydrogen-bond acceptors (Lipinski definition) is 4. The van der Waals surface area contributed by atoms with Gasteiger partial charge in [0.25, 0.3) is 0 Å². The van der Waals surface area contributed by atoms with E-state index in [2.05, 4.69) is 5.32 Å². The molecule has 0 unspecified atom stereocenters. The first kappa shape index (κ1) is 19.0. The summed E-state index contributed by atoms with van der Waals surface area (Å²) in [5, 5.41) is 2.76. The van der Waals surface area contributed by atoms with Gasteiger partial charge in [-0.3, -0.25) is 4.79 Å². The van der Waals surface area contributed by atoms with E-state index in [1.165, 1.54) is 12.1 Å². The number of carbonyl (C=O) groups is 1. The van der Waals surface area contributed by atoms with Gasteiger partial charge in [0, 0.05) is 12.0 Å². The van der Waals surface area contributed by atoms with Crippen molar-refractivity contribution in [3.8, 4) is 17.2 Å². The average molecular weight is 373 g/mol. The molecular weight excluding hydrogens is 349 g/mol. The minimum absolute atomic E-state index is 0.114. The number of para-hydroxylation sites is 2. The molecule has 0 saturated carbocycles. The number of nitrogens with one attached hydrogen (secondary N) is 1. The second-order valence-electron chi connectivity index (χ2n) is 7.01. The van der Waals surface area contributed by atoms with Crippen molar-refractivity contribution in [2.45, 2.75) is 32.3 Å². The van der Waals surface area contributed by atoms with Crippen LogP contribution in [0, 0.1) is 5.82 Å². The predicted molar refractivity (Wildman–Crippen MR) is 99.9 cm³/mol. The first-order chi connectivity index (χ1) is 12.9. The number of halogens is 1. The van der Waals surface area contributed by atoms with Gasteiger partial charge in [-0.1, -0.05) is 24.3 Å². The summed E-state index contributed by atoms with van der Waals surface area (Å²) in [7, 11) is 0. The molecule has 1 heterocycles. The summed E-state index contributed by atoms with van der Waals surface area (Å²) in [5.41, 5.74) is 0.903. The van der Waals surface area contributed by atoms with Gasteiger partial charge in [0.1, 0.15) is 12.2 Å². The largest absolute Gasteiger partial charge is 0.490 e. The minimum atomic E-state index is -0.438. The third-order valence-electron chi connectivity index (χ3n) is 4.16. The van der Waals surface area contributed by atoms with Crippen molar-refractivity contribution < 1.29 is 23.4 Å². The van der Waals surface area contributed by atoms with Crippen LogP contribution in [0.3, 0.4) is 0 Å². The van der Waals surface area contributed by atoms with Crippen LogP contribution in [0.4, 0.5) is 4.39 Å². The van der Waals surface area contributed by atoms with Crippen LogP contribution in [0.2, 0.25) is 0 Å². The molecule has 6 heteroatoms. The number of ether oxygens (including phenoxy) is 3. The first-order valence-electron chi connectivity index (χ1n) is 9.02. The van der Waals surface area contributed by atoms with Gasteiger partial charge in [0.2, 0.25) is 5.91 Å². The Morgan fingerprint density at radius 1 is 1.11 bits per heavy atom. The lowest BCUT2D eigenvalue weighted by Gasteiger charge is -2.18. The van der Waals surface area contributed by atoms with Crippen molar-refractivity contribution in [3.05, 3.63) is 53.8 Å². The van der Waals surface area contributed by atoms with E-state index in [0.717, 1.165) is 17.7 Å². The maximum absolute atomic E-state index is 13.4. The molecule has 0 aliphatic carbocycles. The van der Waals surface area contributed by atoms with E-state index in [4.69, 9.17) is 14.2 Å². The highest BCUT2D eigenvalue weighted by atomic mass is 19.1. The van der Waals surface area contributed by atoms with Crippen LogP contribution in [-0.4, -0.2) is 31.3 Å². The van der Waals surface area contributed by atoms with Crippen LogP contribution in [0.25, 0.3) is 0 Å². The summed E-state index contributed by atoms with van der Waals surface area (Å²) < 4.78 is 30.4. The van der Waals surface area contributed by atoms with Crippen molar-refractivity contribution in [2.75, 3.05) is 19.8 Å². The molecule has 1 aliphatic rings. The second-order valence-corrected chi connectivity index (χ2v) is 7.01. The molecule has 2 aromatic carbocycles. The summed E-state index contributed by atoms with van der Waals surface area (Å²) in [5.74, 6) is 1.01. The molecule has 1 aliphatic heterocycles. The molecule has 2 aromatic rings. The summed E-state index contributed by atoms with van der Waals surface area (Å²) in [6.45, 7) is 4.90. The Bertz CT molecular complexity index is 807. The van der Waals surface area contributed by atoms with Crippen LogP contribution in [0.15, 0.2) is 42.5 Å². The molecule has 0 saturated heterocycles. The number of hydrogen-bond donors (Lipinski definition) is 1. The number of carbonyl (C=O) groups excluding carboxylic acids is 1. The molecule has 27 heavy (non-hydrogen) atoms. The molecule has 0 aromatic heterocycles. The molecule has 5 nitrogen and oxygen atoms in total. The third kappa shape index (κ3) is 5.12. The molecule has 0 spiro atoms. The van der Waals surface area contributed by atoms with Crippen molar-refractivity contribution in [1.29, 1.82) is 0 Å². The Balaban J connectivity index is 1.37. The quantitative estimate of drug-likeness (QED) is 0.720. The lowest BCUT2D eigenvalue weighted by molar-refractivity contribution is -0.121. The fourth-order valence-corrected chi connectivity index (χ4v) is 2.96. The predicted octanol–water partition coefficient (Wildman–Crippen LogP) is 3.50. The fourth-order valence-electron chi connectivity index (χ4n) is 2.96. The second kappa shape index (κ2) is 8.29. The zero-order valence-electron chi connectivity index (χ0n) is 15.6. The van der Waals surface area contributed by atoms with E-state index in [0.29, 0.717) is 18.9 Å². The van der Waals surface area contributed by atoms with E-state index in [1.807, 2.05) is 32.0 Å². The number of rotatable bonds is 8. The summed E-state index contributed by atoms with van der Waals surface area (Å²) in [4.78, 5) is 11.8. The van der Waals surface area contributed by atoms with E-state index in [-0.39, 0.29) is 30.3 Å². The first-order valence-corrected chi connectivity index (χ1v) is 9.02. The smallest absolute Gasteiger partial charge is 0.223 e. The highest BCUT2D eigenvalue weighted by Crippen LogP contribution is 2.41. The molecule has 3 rings (SSSR count). The van der Waals surface area contributed by atoms with Gasteiger partial charge in [0.05, 0.1) is 19.6 Å². The lowest BCUT2D eigenvalue weighted by Crippen LogP contribution is -2.29. The zero-order chi connectivity index (χ0) is 19.3. The van der Waals surface area contributed by atoms with Crippen molar-refractivity contribution in [2.24, 2.45) is 0 Å². The molecule has 144 valence electrons. The Morgan fingerprint density at radius 3 is 2.67 bits per heavy atom. The van der Waals surface area contributed by atoms with Crippen molar-refractivity contribution in [3.63, 3.8) is 0 Å². The Kier molecular flexibility index (Phi) is 5.84. The molecule has 0 fully saturated rings. The third-order valence-corrected chi connectivity index (χ3v) is 4.16. The number of fused-ring (bicyclic) bond motifs is 1. The lowest BCUT2D eigenvalue weighted by atomic mass is 10.0. The molecule has 0 atom stereocenters. The molecular formula is C21H24FNO4. The van der Waals surface area contributed by atoms with Crippen LogP contribution < -0.4 is 19.5 Å². The standard InChI is InChI=1S/C21H24FNO4/c1-21(2)14-15-6-5-9-18(20(15)27-21)26-13-11-23-19(24)10-12-25-17-8-4-3-7-16(17)22/h3-9H,10-14H2,1-2H3,(H,23,24). The molecule has 1 amide bonds. The summed E-state index contributed by atoms with van der Waals surface area (Å²) in [6, 6.07) is 12.0. The SMILES string of the molecule is CC1(C)Cc2cccc(OCCNC(=O)CCOc3ccccc3F)c2O1. The van der Waals surface area contributed by atoms with Crippen LogP contribution in [0.1, 0.15) is 25.8 Å². The number of benzene rings is 2. The molecule has 0 bridgehead atoms. The monoisotopic (exact) mass is 373 g/mol. The van der Waals surface area contributed by atoms with Crippen LogP contribution in [-0.2, 0) is 11.2 Å². The highest BCUT2D eigenvalue weighted by Gasteiger charge is 2.32. The Morgan fingerprint density at radius 2 is 1.85 bits per heavy atom. The Hall–Kier alpha value is -2.76. The average Bonchev–Trinajstić information content (AvgIpc) is 2.95. The fraction of sp³-hybridized carbons (Fsp3) is 0.381. The van der Waals surface area contributed by atoms with Gasteiger partial charge in [-0.05, 0) is 32.0 Å². The highest BCUT2D eigenvalue weighted by molar-refractivity contribution is 5.75.